The average molecular weight is 381 g/mol. The van der Waals surface area contributed by atoms with Crippen LogP contribution in [0.4, 0.5) is 5.69 Å². The van der Waals surface area contributed by atoms with E-state index >= 15 is 0 Å². The molecule has 8 heteroatoms. The number of benzene rings is 1. The zero-order chi connectivity index (χ0) is 16.7. The van der Waals surface area contributed by atoms with E-state index in [1.165, 1.54) is 6.20 Å². The van der Waals surface area contributed by atoms with Crippen molar-refractivity contribution in [1.29, 1.82) is 0 Å². The Kier molecular flexibility index (Phi) is 6.16. The van der Waals surface area contributed by atoms with E-state index < -0.39 is 0 Å². The fraction of sp³-hybridized carbons (Fsp3) is 0.267. The lowest BCUT2D eigenvalue weighted by Gasteiger charge is -2.10. The van der Waals surface area contributed by atoms with E-state index in [2.05, 4.69) is 36.7 Å². The van der Waals surface area contributed by atoms with Crippen molar-refractivity contribution >= 4 is 27.8 Å². The Balaban J connectivity index is 2.10. The molecule has 2 rings (SSSR count). The molecule has 0 saturated heterocycles. The van der Waals surface area contributed by atoms with Crippen LogP contribution in [0.15, 0.2) is 38.8 Å². The van der Waals surface area contributed by atoms with E-state index in [-0.39, 0.29) is 5.56 Å². The number of H-pyrrole nitrogens is 1. The number of nitrogens with one attached hydrogen (secondary N) is 2. The van der Waals surface area contributed by atoms with Gasteiger partial charge in [0, 0.05) is 0 Å². The molecule has 0 fully saturated rings. The lowest BCUT2D eigenvalue weighted by atomic mass is 10.2. The molecule has 2 aromatic rings. The second-order valence-corrected chi connectivity index (χ2v) is 5.35. The Hall–Kier alpha value is -2.35. The lowest BCUT2D eigenvalue weighted by molar-refractivity contribution is 0.294. The highest BCUT2D eigenvalue weighted by Gasteiger charge is 2.05. The Morgan fingerprint density at radius 3 is 3.00 bits per heavy atom. The average Bonchev–Trinajstić information content (AvgIpc) is 2.57. The van der Waals surface area contributed by atoms with Crippen LogP contribution in [0.25, 0.3) is 0 Å². The zero-order valence-electron chi connectivity index (χ0n) is 12.8. The van der Waals surface area contributed by atoms with Gasteiger partial charge in [-0.2, -0.15) is 10.2 Å². The predicted octanol–water partition coefficient (Wildman–Crippen LogP) is 2.78. The van der Waals surface area contributed by atoms with Crippen molar-refractivity contribution in [3.05, 3.63) is 44.8 Å². The number of halogens is 1. The zero-order valence-corrected chi connectivity index (χ0v) is 14.4. The van der Waals surface area contributed by atoms with Crippen LogP contribution in [0.1, 0.15) is 18.9 Å². The summed E-state index contributed by atoms with van der Waals surface area (Å²) in [5.74, 6) is 1.34. The van der Waals surface area contributed by atoms with E-state index in [9.17, 15) is 4.79 Å². The lowest BCUT2D eigenvalue weighted by Crippen LogP contribution is -2.10. The van der Waals surface area contributed by atoms with Gasteiger partial charge in [-0.25, -0.2) is 5.10 Å². The Morgan fingerprint density at radius 2 is 2.26 bits per heavy atom. The molecule has 122 valence electrons. The fourth-order valence-corrected chi connectivity index (χ4v) is 2.01. The van der Waals surface area contributed by atoms with Gasteiger partial charge in [-0.15, -0.1) is 0 Å². The number of methoxy groups -OCH3 is 1. The summed E-state index contributed by atoms with van der Waals surface area (Å²) in [4.78, 5) is 11.4. The van der Waals surface area contributed by atoms with Gasteiger partial charge in [0.05, 0.1) is 31.8 Å². The predicted molar refractivity (Wildman–Crippen MR) is 92.6 cm³/mol. The molecule has 0 atom stereocenters. The van der Waals surface area contributed by atoms with Crippen LogP contribution in [0.3, 0.4) is 0 Å². The molecule has 0 saturated carbocycles. The summed E-state index contributed by atoms with van der Waals surface area (Å²) < 4.78 is 11.2. The van der Waals surface area contributed by atoms with Crippen LogP contribution in [-0.4, -0.2) is 30.1 Å². The number of hydrazone groups is 1. The highest BCUT2D eigenvalue weighted by atomic mass is 79.9. The quantitative estimate of drug-likeness (QED) is 0.569. The maximum Gasteiger partial charge on any atom is 0.280 e. The highest BCUT2D eigenvalue weighted by Crippen LogP contribution is 2.27. The number of aromatic nitrogens is 2. The number of hydrogen-bond donors (Lipinski definition) is 2. The number of nitrogens with zero attached hydrogens (tertiary/aromatic N) is 2. The van der Waals surface area contributed by atoms with Gasteiger partial charge in [0.25, 0.3) is 5.56 Å². The second kappa shape index (κ2) is 8.33. The fourth-order valence-electron chi connectivity index (χ4n) is 1.73. The van der Waals surface area contributed by atoms with Gasteiger partial charge >= 0.3 is 0 Å². The summed E-state index contributed by atoms with van der Waals surface area (Å²) in [6.45, 7) is 2.68. The minimum Gasteiger partial charge on any atom is -0.493 e. The molecule has 0 bridgehead atoms. The van der Waals surface area contributed by atoms with Crippen molar-refractivity contribution < 1.29 is 9.47 Å². The standard InChI is InChI=1S/C15H17BrN4O3/c1-3-6-23-12-5-4-10(7-13(12)22-2)8-17-19-11-9-18-20-15(21)14(11)16/h4-5,7-9H,3,6H2,1-2H3,(H2,19,20,21)/b17-8-. The van der Waals surface area contributed by atoms with Gasteiger partial charge < -0.3 is 9.47 Å². The summed E-state index contributed by atoms with van der Waals surface area (Å²) in [7, 11) is 1.59. The van der Waals surface area contributed by atoms with E-state index in [1.807, 2.05) is 25.1 Å². The van der Waals surface area contributed by atoms with E-state index in [1.54, 1.807) is 13.3 Å². The molecule has 23 heavy (non-hydrogen) atoms. The summed E-state index contributed by atoms with van der Waals surface area (Å²) >= 11 is 3.17. The summed E-state index contributed by atoms with van der Waals surface area (Å²) in [6.07, 6.45) is 4.00. The van der Waals surface area contributed by atoms with Crippen molar-refractivity contribution in [3.8, 4) is 11.5 Å². The maximum absolute atomic E-state index is 11.4. The molecule has 2 N–H and O–H groups in total. The van der Waals surface area contributed by atoms with Crippen LogP contribution in [0.5, 0.6) is 11.5 Å². The molecule has 0 aliphatic heterocycles. The molecular formula is C15H17BrN4O3. The SMILES string of the molecule is CCCOc1ccc(/C=N\Nc2cn[nH]c(=O)c2Br)cc1OC. The van der Waals surface area contributed by atoms with Gasteiger partial charge in [-0.1, -0.05) is 6.92 Å². The van der Waals surface area contributed by atoms with E-state index in [0.717, 1.165) is 12.0 Å². The largest absolute Gasteiger partial charge is 0.493 e. The third-order valence-corrected chi connectivity index (χ3v) is 3.63. The van der Waals surface area contributed by atoms with Gasteiger partial charge in [-0.05, 0) is 46.1 Å². The first-order chi connectivity index (χ1) is 11.2. The van der Waals surface area contributed by atoms with Crippen LogP contribution in [0.2, 0.25) is 0 Å². The van der Waals surface area contributed by atoms with Crippen LogP contribution in [0, 0.1) is 0 Å². The van der Waals surface area contributed by atoms with Gasteiger partial charge in [0.15, 0.2) is 11.5 Å². The highest BCUT2D eigenvalue weighted by molar-refractivity contribution is 9.10. The topological polar surface area (TPSA) is 88.6 Å². The first kappa shape index (κ1) is 17.0. The Labute approximate surface area is 141 Å². The molecule has 0 radical (unpaired) electrons. The molecule has 7 nitrogen and oxygen atoms in total. The summed E-state index contributed by atoms with van der Waals surface area (Å²) in [5.41, 5.74) is 3.73. The summed E-state index contributed by atoms with van der Waals surface area (Å²) in [6, 6.07) is 5.52. The molecule has 1 aromatic heterocycles. The number of hydrogen-bond acceptors (Lipinski definition) is 6. The van der Waals surface area contributed by atoms with Gasteiger partial charge in [0.2, 0.25) is 0 Å². The molecule has 0 unspecified atom stereocenters. The van der Waals surface area contributed by atoms with Crippen molar-refractivity contribution in [3.63, 3.8) is 0 Å². The molecule has 0 aliphatic rings. The van der Waals surface area contributed by atoms with E-state index in [4.69, 9.17) is 9.47 Å². The van der Waals surface area contributed by atoms with Crippen molar-refractivity contribution in [2.75, 3.05) is 19.1 Å². The van der Waals surface area contributed by atoms with Crippen molar-refractivity contribution in [1.82, 2.24) is 10.2 Å². The van der Waals surface area contributed by atoms with Crippen LogP contribution in [-0.2, 0) is 0 Å². The number of rotatable bonds is 7. The molecule has 0 aliphatic carbocycles. The first-order valence-electron chi connectivity index (χ1n) is 6.98. The summed E-state index contributed by atoms with van der Waals surface area (Å²) in [5, 5.41) is 10.1. The Morgan fingerprint density at radius 1 is 1.43 bits per heavy atom. The van der Waals surface area contributed by atoms with Crippen LogP contribution >= 0.6 is 15.9 Å². The Bertz CT molecular complexity index is 746. The van der Waals surface area contributed by atoms with Gasteiger partial charge in [-0.3, -0.25) is 10.2 Å². The second-order valence-electron chi connectivity index (χ2n) is 4.56. The van der Waals surface area contributed by atoms with Gasteiger partial charge in [0.1, 0.15) is 4.47 Å². The normalized spacial score (nSPS) is 10.7. The monoisotopic (exact) mass is 380 g/mol. The number of aromatic amines is 1. The minimum atomic E-state index is -0.329. The van der Waals surface area contributed by atoms with E-state index in [0.29, 0.717) is 28.3 Å². The molecule has 1 aromatic carbocycles. The molecule has 0 amide bonds. The van der Waals surface area contributed by atoms with Crippen molar-refractivity contribution in [2.45, 2.75) is 13.3 Å². The van der Waals surface area contributed by atoms with Crippen molar-refractivity contribution in [2.24, 2.45) is 5.10 Å². The number of anilines is 1. The third kappa shape index (κ3) is 4.56. The van der Waals surface area contributed by atoms with Crippen LogP contribution < -0.4 is 20.5 Å². The smallest absolute Gasteiger partial charge is 0.280 e. The number of ether oxygens (including phenoxy) is 2. The molecule has 0 spiro atoms. The third-order valence-electron chi connectivity index (χ3n) is 2.84. The molecular weight excluding hydrogens is 364 g/mol. The minimum absolute atomic E-state index is 0.329. The maximum atomic E-state index is 11.4. The first-order valence-corrected chi connectivity index (χ1v) is 7.78. The molecule has 1 heterocycles.